The van der Waals surface area contributed by atoms with E-state index < -0.39 is 42.7 Å². The smallest absolute Gasteiger partial charge is 0.326 e. The van der Waals surface area contributed by atoms with Crippen LogP contribution in [-0.4, -0.2) is 46.3 Å². The third-order valence-corrected chi connectivity index (χ3v) is 4.57. The van der Waals surface area contributed by atoms with Crippen LogP contribution in [0.1, 0.15) is 28.1 Å². The van der Waals surface area contributed by atoms with Crippen molar-refractivity contribution in [1.82, 2.24) is 10.2 Å². The number of aliphatic carboxylic acids is 1. The van der Waals surface area contributed by atoms with E-state index in [-0.39, 0.29) is 18.7 Å². The molecule has 2 amide bonds. The van der Waals surface area contributed by atoms with Crippen LogP contribution in [0.4, 0.5) is 8.78 Å². The molecule has 1 aliphatic rings. The molecule has 28 heavy (non-hydrogen) atoms. The number of alkyl halides is 2. The number of carboxylic acid groups (broad SMARTS) is 1. The molecule has 2 N–H and O–H groups in total. The number of nitrogens with one attached hydrogen (secondary N) is 1. The first-order valence-electron chi connectivity index (χ1n) is 8.59. The minimum absolute atomic E-state index is 0.0274. The lowest BCUT2D eigenvalue weighted by atomic mass is 9.93. The summed E-state index contributed by atoms with van der Waals surface area (Å²) in [6.45, 7) is 0.111. The van der Waals surface area contributed by atoms with E-state index in [9.17, 15) is 23.2 Å². The molecule has 3 rings (SSSR count). The van der Waals surface area contributed by atoms with Gasteiger partial charge in [-0.15, -0.1) is 0 Å². The second-order valence-electron chi connectivity index (χ2n) is 6.43. The van der Waals surface area contributed by atoms with Crippen LogP contribution in [0, 0.1) is 0 Å². The monoisotopic (exact) mass is 392 g/mol. The molecule has 9 heteroatoms. The van der Waals surface area contributed by atoms with E-state index in [1.807, 2.05) is 6.07 Å². The summed E-state index contributed by atoms with van der Waals surface area (Å²) in [5.41, 5.74) is 1.67. The number of rotatable bonds is 6. The molecule has 0 fully saturated rings. The molecule has 0 aliphatic carbocycles. The highest BCUT2D eigenvalue weighted by molar-refractivity contribution is 5.96. The van der Waals surface area contributed by atoms with Crippen molar-refractivity contribution in [3.8, 4) is 0 Å². The molecule has 7 nitrogen and oxygen atoms in total. The largest absolute Gasteiger partial charge is 0.480 e. The maximum atomic E-state index is 12.8. The summed E-state index contributed by atoms with van der Waals surface area (Å²) < 4.78 is 30.4. The molecule has 0 spiro atoms. The number of carbonyl (C=O) groups is 3. The SMILES string of the molecule is O=C(O)C(CC(F)F)NC(=O)C1Cc2ccccc2CN1C(=O)c1ccco1. The Bertz CT molecular complexity index is 869. The van der Waals surface area contributed by atoms with Crippen molar-refractivity contribution in [2.24, 2.45) is 0 Å². The van der Waals surface area contributed by atoms with Crippen molar-refractivity contribution >= 4 is 17.8 Å². The lowest BCUT2D eigenvalue weighted by Crippen LogP contribution is -2.55. The molecule has 1 aromatic carbocycles. The van der Waals surface area contributed by atoms with Gasteiger partial charge in [0.1, 0.15) is 12.1 Å². The van der Waals surface area contributed by atoms with Crippen LogP contribution in [0.15, 0.2) is 47.1 Å². The van der Waals surface area contributed by atoms with E-state index in [0.717, 1.165) is 11.1 Å². The van der Waals surface area contributed by atoms with Gasteiger partial charge in [-0.05, 0) is 23.3 Å². The van der Waals surface area contributed by atoms with Gasteiger partial charge in [-0.3, -0.25) is 9.59 Å². The predicted molar refractivity (Wildman–Crippen MR) is 92.7 cm³/mol. The Kier molecular flexibility index (Phi) is 5.72. The Morgan fingerprint density at radius 1 is 1.18 bits per heavy atom. The summed E-state index contributed by atoms with van der Waals surface area (Å²) in [7, 11) is 0. The quantitative estimate of drug-likeness (QED) is 0.784. The van der Waals surface area contributed by atoms with E-state index in [1.165, 1.54) is 23.3 Å². The third kappa shape index (κ3) is 4.19. The second-order valence-corrected chi connectivity index (χ2v) is 6.43. The molecule has 2 heterocycles. The van der Waals surface area contributed by atoms with Crippen LogP contribution in [0.25, 0.3) is 0 Å². The maximum absolute atomic E-state index is 12.8. The van der Waals surface area contributed by atoms with Gasteiger partial charge in [0.25, 0.3) is 5.91 Å². The van der Waals surface area contributed by atoms with E-state index >= 15 is 0 Å². The van der Waals surface area contributed by atoms with Crippen LogP contribution in [-0.2, 0) is 22.6 Å². The third-order valence-electron chi connectivity index (χ3n) is 4.57. The Balaban J connectivity index is 1.87. The first-order valence-corrected chi connectivity index (χ1v) is 8.59. The van der Waals surface area contributed by atoms with E-state index in [1.54, 1.807) is 18.2 Å². The average molecular weight is 392 g/mol. The number of carboxylic acids is 1. The van der Waals surface area contributed by atoms with Gasteiger partial charge >= 0.3 is 5.97 Å². The van der Waals surface area contributed by atoms with Crippen molar-refractivity contribution in [3.63, 3.8) is 0 Å². The number of halogens is 2. The molecule has 148 valence electrons. The van der Waals surface area contributed by atoms with Gasteiger partial charge in [-0.1, -0.05) is 24.3 Å². The van der Waals surface area contributed by atoms with Crippen LogP contribution >= 0.6 is 0 Å². The first kappa shape index (κ1) is 19.5. The van der Waals surface area contributed by atoms with Crippen LogP contribution in [0.2, 0.25) is 0 Å². The van der Waals surface area contributed by atoms with Crippen LogP contribution in [0.5, 0.6) is 0 Å². The Labute approximate surface area is 158 Å². The molecule has 0 radical (unpaired) electrons. The number of nitrogens with zero attached hydrogens (tertiary/aromatic N) is 1. The minimum Gasteiger partial charge on any atom is -0.480 e. The van der Waals surface area contributed by atoms with Gasteiger partial charge in [-0.2, -0.15) is 0 Å². The second kappa shape index (κ2) is 8.20. The van der Waals surface area contributed by atoms with Crippen molar-refractivity contribution in [2.45, 2.75) is 37.9 Å². The number of carbonyl (C=O) groups excluding carboxylic acids is 2. The summed E-state index contributed by atoms with van der Waals surface area (Å²) in [6, 6.07) is 7.41. The minimum atomic E-state index is -2.89. The normalized spacial score (nSPS) is 17.1. The summed E-state index contributed by atoms with van der Waals surface area (Å²) in [5, 5.41) is 11.2. The molecule has 0 bridgehead atoms. The number of hydrogen-bond acceptors (Lipinski definition) is 4. The van der Waals surface area contributed by atoms with E-state index in [4.69, 9.17) is 9.52 Å². The number of furan rings is 1. The van der Waals surface area contributed by atoms with Crippen LogP contribution in [0.3, 0.4) is 0 Å². The Hall–Kier alpha value is -3.23. The van der Waals surface area contributed by atoms with Crippen molar-refractivity contribution in [3.05, 3.63) is 59.5 Å². The molecule has 1 aromatic heterocycles. The van der Waals surface area contributed by atoms with Crippen molar-refractivity contribution < 1.29 is 32.7 Å². The van der Waals surface area contributed by atoms with Gasteiger partial charge in [0.2, 0.25) is 12.3 Å². The van der Waals surface area contributed by atoms with Gasteiger partial charge in [0.15, 0.2) is 5.76 Å². The summed E-state index contributed by atoms with van der Waals surface area (Å²) >= 11 is 0. The maximum Gasteiger partial charge on any atom is 0.326 e. The van der Waals surface area contributed by atoms with Crippen molar-refractivity contribution in [2.75, 3.05) is 0 Å². The number of amides is 2. The molecular formula is C19H18F2N2O5. The molecule has 1 aliphatic heterocycles. The number of benzene rings is 1. The fourth-order valence-corrected chi connectivity index (χ4v) is 3.18. The van der Waals surface area contributed by atoms with Crippen LogP contribution < -0.4 is 5.32 Å². The average Bonchev–Trinajstić information content (AvgIpc) is 3.20. The zero-order valence-corrected chi connectivity index (χ0v) is 14.7. The van der Waals surface area contributed by atoms with Gasteiger partial charge in [-0.25, -0.2) is 13.6 Å². The molecule has 0 saturated heterocycles. The highest BCUT2D eigenvalue weighted by atomic mass is 19.3. The Morgan fingerprint density at radius 2 is 1.89 bits per heavy atom. The standard InChI is InChI=1S/C19H18F2N2O5/c20-16(21)9-13(19(26)27)22-17(24)14-8-11-4-1-2-5-12(11)10-23(14)18(25)15-6-3-7-28-15/h1-7,13-14,16H,8-10H2,(H,22,24)(H,26,27). The van der Waals surface area contributed by atoms with E-state index in [2.05, 4.69) is 5.32 Å². The number of hydrogen-bond donors (Lipinski definition) is 2. The van der Waals surface area contributed by atoms with Gasteiger partial charge in [0.05, 0.1) is 6.26 Å². The lowest BCUT2D eigenvalue weighted by molar-refractivity contribution is -0.143. The summed E-state index contributed by atoms with van der Waals surface area (Å²) in [5.74, 6) is -2.88. The van der Waals surface area contributed by atoms with Crippen molar-refractivity contribution in [1.29, 1.82) is 0 Å². The first-order chi connectivity index (χ1) is 13.4. The lowest BCUT2D eigenvalue weighted by Gasteiger charge is -2.36. The fraction of sp³-hybridized carbons (Fsp3) is 0.316. The topological polar surface area (TPSA) is 99.9 Å². The summed E-state index contributed by atoms with van der Waals surface area (Å²) in [4.78, 5) is 38.0. The zero-order valence-electron chi connectivity index (χ0n) is 14.7. The highest BCUT2D eigenvalue weighted by Crippen LogP contribution is 2.25. The Morgan fingerprint density at radius 3 is 2.50 bits per heavy atom. The summed E-state index contributed by atoms with van der Waals surface area (Å²) in [6.07, 6.45) is -2.45. The van der Waals surface area contributed by atoms with E-state index in [0.29, 0.717) is 0 Å². The molecule has 2 unspecified atom stereocenters. The molecule has 2 atom stereocenters. The predicted octanol–water partition coefficient (Wildman–Crippen LogP) is 2.07. The number of fused-ring (bicyclic) bond motifs is 1. The highest BCUT2D eigenvalue weighted by Gasteiger charge is 2.37. The molecule has 2 aromatic rings. The fourth-order valence-electron chi connectivity index (χ4n) is 3.18. The van der Waals surface area contributed by atoms with Gasteiger partial charge in [0, 0.05) is 19.4 Å². The molecular weight excluding hydrogens is 374 g/mol. The molecule has 0 saturated carbocycles. The van der Waals surface area contributed by atoms with Gasteiger partial charge < -0.3 is 19.7 Å². The zero-order chi connectivity index (χ0) is 20.3.